The minimum absolute atomic E-state index is 0.0340. The van der Waals surface area contributed by atoms with Crippen molar-refractivity contribution in [3.05, 3.63) is 66.3 Å². The summed E-state index contributed by atoms with van der Waals surface area (Å²) in [5.74, 6) is -1.38. The highest BCUT2D eigenvalue weighted by Crippen LogP contribution is 2.31. The third kappa shape index (κ3) is 3.19. The molecule has 3 aromatic rings. The summed E-state index contributed by atoms with van der Waals surface area (Å²) in [5.41, 5.74) is 1.39. The van der Waals surface area contributed by atoms with Gasteiger partial charge in [-0.3, -0.25) is 4.99 Å². The number of aliphatic imine (C=N–C) groups is 1. The number of ether oxygens (including phenoxy) is 1. The lowest BCUT2D eigenvalue weighted by molar-refractivity contribution is -0.0498. The van der Waals surface area contributed by atoms with Crippen LogP contribution in [-0.4, -0.2) is 22.4 Å². The summed E-state index contributed by atoms with van der Waals surface area (Å²) >= 11 is 0. The standard InChI is InChI=1S/C19H14F4N4O/c1-11-25-16-8-14(20)15(21)9-17(16)27(11)18-10-24-6-7-26(18)12-2-4-13(5-3-12)28-19(22)23/h2-10,18-19H,1H3. The van der Waals surface area contributed by atoms with Crippen molar-refractivity contribution in [2.45, 2.75) is 19.7 Å². The molecule has 9 heteroatoms. The highest BCUT2D eigenvalue weighted by molar-refractivity contribution is 5.81. The summed E-state index contributed by atoms with van der Waals surface area (Å²) < 4.78 is 58.2. The number of hydrogen-bond acceptors (Lipinski definition) is 4. The van der Waals surface area contributed by atoms with Gasteiger partial charge < -0.3 is 14.2 Å². The Balaban J connectivity index is 1.75. The second-order valence-electron chi connectivity index (χ2n) is 6.07. The lowest BCUT2D eigenvalue weighted by Gasteiger charge is -2.31. The minimum atomic E-state index is -2.91. The van der Waals surface area contributed by atoms with Crippen LogP contribution in [0.25, 0.3) is 11.0 Å². The van der Waals surface area contributed by atoms with Crippen LogP contribution in [-0.2, 0) is 0 Å². The highest BCUT2D eigenvalue weighted by atomic mass is 19.3. The molecule has 0 N–H and O–H groups in total. The van der Waals surface area contributed by atoms with Crippen molar-refractivity contribution in [1.29, 1.82) is 0 Å². The molecule has 28 heavy (non-hydrogen) atoms. The third-order valence-corrected chi connectivity index (χ3v) is 4.35. The fourth-order valence-electron chi connectivity index (χ4n) is 3.17. The van der Waals surface area contributed by atoms with Crippen LogP contribution in [0.1, 0.15) is 12.0 Å². The normalized spacial score (nSPS) is 16.4. The number of fused-ring (bicyclic) bond motifs is 1. The molecule has 144 valence electrons. The number of nitrogens with zero attached hydrogens (tertiary/aromatic N) is 4. The van der Waals surface area contributed by atoms with E-state index in [4.69, 9.17) is 0 Å². The van der Waals surface area contributed by atoms with E-state index in [1.807, 2.05) is 0 Å². The second kappa shape index (κ2) is 6.99. The van der Waals surface area contributed by atoms with Gasteiger partial charge in [-0.1, -0.05) is 0 Å². The molecule has 0 spiro atoms. The zero-order chi connectivity index (χ0) is 19.8. The van der Waals surface area contributed by atoms with Gasteiger partial charge in [-0.05, 0) is 31.2 Å². The predicted molar refractivity (Wildman–Crippen MR) is 96.6 cm³/mol. The summed E-state index contributed by atoms with van der Waals surface area (Å²) in [5, 5.41) is 0. The summed E-state index contributed by atoms with van der Waals surface area (Å²) in [7, 11) is 0. The maximum absolute atomic E-state index is 13.8. The van der Waals surface area contributed by atoms with E-state index in [2.05, 4.69) is 14.7 Å². The summed E-state index contributed by atoms with van der Waals surface area (Å²) in [4.78, 5) is 10.3. The van der Waals surface area contributed by atoms with Crippen LogP contribution in [0.5, 0.6) is 5.75 Å². The first-order chi connectivity index (χ1) is 13.4. The fourth-order valence-corrected chi connectivity index (χ4v) is 3.17. The van der Waals surface area contributed by atoms with E-state index in [-0.39, 0.29) is 5.75 Å². The molecule has 0 fully saturated rings. The van der Waals surface area contributed by atoms with Crippen LogP contribution in [0.15, 0.2) is 53.8 Å². The summed E-state index contributed by atoms with van der Waals surface area (Å²) in [6, 6.07) is 8.21. The quantitative estimate of drug-likeness (QED) is 0.602. The van der Waals surface area contributed by atoms with E-state index >= 15 is 0 Å². The molecule has 1 unspecified atom stereocenters. The molecule has 5 nitrogen and oxygen atoms in total. The molecule has 0 amide bonds. The number of hydrogen-bond donors (Lipinski definition) is 0. The molecule has 1 aliphatic rings. The van der Waals surface area contributed by atoms with Crippen LogP contribution in [0.4, 0.5) is 23.2 Å². The molecule has 0 aliphatic carbocycles. The van der Waals surface area contributed by atoms with Crippen LogP contribution in [0.2, 0.25) is 0 Å². The zero-order valence-corrected chi connectivity index (χ0v) is 14.6. The Morgan fingerprint density at radius 1 is 1.07 bits per heavy atom. The zero-order valence-electron chi connectivity index (χ0n) is 14.6. The number of halogens is 4. The van der Waals surface area contributed by atoms with Gasteiger partial charge in [0, 0.05) is 36.4 Å². The first kappa shape index (κ1) is 18.0. The van der Waals surface area contributed by atoms with Crippen LogP contribution < -0.4 is 9.64 Å². The number of aryl methyl sites for hydroxylation is 1. The molecule has 2 aromatic carbocycles. The second-order valence-corrected chi connectivity index (χ2v) is 6.07. The van der Waals surface area contributed by atoms with Crippen LogP contribution >= 0.6 is 0 Å². The Bertz CT molecular complexity index is 1080. The average Bonchev–Trinajstić information content (AvgIpc) is 2.97. The van der Waals surface area contributed by atoms with E-state index in [1.54, 1.807) is 47.1 Å². The number of rotatable bonds is 4. The molecule has 0 bridgehead atoms. The lowest BCUT2D eigenvalue weighted by Crippen LogP contribution is -2.31. The lowest BCUT2D eigenvalue weighted by atomic mass is 10.2. The third-order valence-electron chi connectivity index (χ3n) is 4.35. The molecule has 2 heterocycles. The maximum atomic E-state index is 13.8. The Morgan fingerprint density at radius 3 is 2.50 bits per heavy atom. The highest BCUT2D eigenvalue weighted by Gasteiger charge is 2.24. The van der Waals surface area contributed by atoms with Crippen LogP contribution in [0.3, 0.4) is 0 Å². The van der Waals surface area contributed by atoms with Crippen molar-refractivity contribution in [2.24, 2.45) is 4.99 Å². The first-order valence-corrected chi connectivity index (χ1v) is 8.31. The Kier molecular flexibility index (Phi) is 4.50. The average molecular weight is 390 g/mol. The summed E-state index contributed by atoms with van der Waals surface area (Å²) in [6.45, 7) is -1.18. The van der Waals surface area contributed by atoms with Gasteiger partial charge >= 0.3 is 6.61 Å². The SMILES string of the molecule is Cc1nc2cc(F)c(F)cc2n1C1C=NC=CN1c1ccc(OC(F)F)cc1. The van der Waals surface area contributed by atoms with Gasteiger partial charge in [0.1, 0.15) is 17.7 Å². The Hall–Kier alpha value is -3.36. The monoisotopic (exact) mass is 390 g/mol. The van der Waals surface area contributed by atoms with E-state index in [0.29, 0.717) is 22.5 Å². The van der Waals surface area contributed by atoms with E-state index in [0.717, 1.165) is 12.1 Å². The number of aromatic nitrogens is 2. The maximum Gasteiger partial charge on any atom is 0.387 e. The Labute approximate surface area is 157 Å². The number of benzene rings is 2. The fraction of sp³-hybridized carbons (Fsp3) is 0.158. The molecule has 1 aromatic heterocycles. The van der Waals surface area contributed by atoms with Crippen molar-refractivity contribution in [3.8, 4) is 5.75 Å². The minimum Gasteiger partial charge on any atom is -0.435 e. The molecule has 1 aliphatic heterocycles. The van der Waals surface area contributed by atoms with Crippen molar-refractivity contribution < 1.29 is 22.3 Å². The Morgan fingerprint density at radius 2 is 1.79 bits per heavy atom. The van der Waals surface area contributed by atoms with E-state index in [1.165, 1.54) is 12.1 Å². The topological polar surface area (TPSA) is 42.7 Å². The van der Waals surface area contributed by atoms with Gasteiger partial charge in [0.2, 0.25) is 0 Å². The van der Waals surface area contributed by atoms with Gasteiger partial charge in [-0.2, -0.15) is 8.78 Å². The predicted octanol–water partition coefficient (Wildman–Crippen LogP) is 4.79. The van der Waals surface area contributed by atoms with Crippen molar-refractivity contribution in [2.75, 3.05) is 4.90 Å². The van der Waals surface area contributed by atoms with Gasteiger partial charge in [0.25, 0.3) is 0 Å². The molecular weight excluding hydrogens is 376 g/mol. The van der Waals surface area contributed by atoms with Gasteiger partial charge in [0.05, 0.1) is 11.0 Å². The van der Waals surface area contributed by atoms with E-state index in [9.17, 15) is 17.6 Å². The number of anilines is 1. The molecule has 0 saturated carbocycles. The van der Waals surface area contributed by atoms with Gasteiger partial charge in [0.15, 0.2) is 11.6 Å². The number of imidazole rings is 1. The van der Waals surface area contributed by atoms with Gasteiger partial charge in [-0.15, -0.1) is 0 Å². The smallest absolute Gasteiger partial charge is 0.387 e. The van der Waals surface area contributed by atoms with Crippen molar-refractivity contribution >= 4 is 22.9 Å². The van der Waals surface area contributed by atoms with Crippen molar-refractivity contribution in [3.63, 3.8) is 0 Å². The van der Waals surface area contributed by atoms with E-state index < -0.39 is 24.4 Å². The molecular formula is C19H14F4N4O. The van der Waals surface area contributed by atoms with Crippen LogP contribution in [0, 0.1) is 18.6 Å². The number of alkyl halides is 2. The summed E-state index contributed by atoms with van der Waals surface area (Å²) in [6.07, 6.45) is 4.37. The molecule has 1 atom stereocenters. The largest absolute Gasteiger partial charge is 0.435 e. The van der Waals surface area contributed by atoms with Gasteiger partial charge in [-0.25, -0.2) is 13.8 Å². The molecule has 0 saturated heterocycles. The first-order valence-electron chi connectivity index (χ1n) is 8.31. The molecule has 4 rings (SSSR count). The van der Waals surface area contributed by atoms with Crippen molar-refractivity contribution in [1.82, 2.24) is 9.55 Å². The molecule has 0 radical (unpaired) electrons.